The largest absolute Gasteiger partial charge is 0.483 e. The molecule has 0 aliphatic heterocycles. The third kappa shape index (κ3) is 2.80. The number of aromatic nitrogens is 2. The fourth-order valence-electron chi connectivity index (χ4n) is 1.07. The van der Waals surface area contributed by atoms with E-state index >= 15 is 0 Å². The van der Waals surface area contributed by atoms with Crippen molar-refractivity contribution in [2.45, 2.75) is 6.92 Å². The smallest absolute Gasteiger partial charge is 0.328 e. The number of carbonyl (C=O) groups is 2. The van der Waals surface area contributed by atoms with Crippen LogP contribution in [-0.4, -0.2) is 41.5 Å². The van der Waals surface area contributed by atoms with Crippen LogP contribution in [-0.2, 0) is 4.74 Å². The van der Waals surface area contributed by atoms with Gasteiger partial charge in [-0.3, -0.25) is 4.79 Å². The van der Waals surface area contributed by atoms with Gasteiger partial charge in [0.25, 0.3) is 5.91 Å². The van der Waals surface area contributed by atoms with E-state index in [9.17, 15) is 9.59 Å². The zero-order chi connectivity index (χ0) is 12.8. The van der Waals surface area contributed by atoms with E-state index in [1.54, 1.807) is 6.92 Å². The Morgan fingerprint density at radius 3 is 2.94 bits per heavy atom. The molecular formula is C9H13N5O3. The number of hydrogen-bond acceptors (Lipinski definition) is 5. The number of imidazole rings is 1. The number of nitrogens with two attached hydrogens (primary N) is 1. The predicted molar refractivity (Wildman–Crippen MR) is 60.4 cm³/mol. The summed E-state index contributed by atoms with van der Waals surface area (Å²) in [6, 6.07) is -0.478. The third-order valence-corrected chi connectivity index (χ3v) is 1.82. The van der Waals surface area contributed by atoms with E-state index in [4.69, 9.17) is 10.5 Å². The Morgan fingerprint density at radius 1 is 1.71 bits per heavy atom. The van der Waals surface area contributed by atoms with Crippen molar-refractivity contribution in [1.82, 2.24) is 14.9 Å². The number of nitrogens with zero attached hydrogens (tertiary/aromatic N) is 3. The molecule has 0 atom stereocenters. The first-order valence-corrected chi connectivity index (χ1v) is 4.85. The highest BCUT2D eigenvalue weighted by molar-refractivity contribution is 5.97. The standard InChI is InChI=1S/C9H13N5O3/c1-3-17-5-13-8-6(7(10)15)12-4-14(8)9(16)11-2/h4-5H,3H2,1-2H3,(H2,10,15)(H,11,16)/b13-5+. The summed E-state index contributed by atoms with van der Waals surface area (Å²) in [6.07, 6.45) is 2.29. The summed E-state index contributed by atoms with van der Waals surface area (Å²) in [6.45, 7) is 2.20. The number of carbonyl (C=O) groups excluding carboxylic acids is 2. The monoisotopic (exact) mass is 239 g/mol. The van der Waals surface area contributed by atoms with E-state index in [2.05, 4.69) is 15.3 Å². The average molecular weight is 239 g/mol. The minimum atomic E-state index is -0.767. The number of rotatable bonds is 4. The zero-order valence-corrected chi connectivity index (χ0v) is 9.51. The van der Waals surface area contributed by atoms with Crippen molar-refractivity contribution in [1.29, 1.82) is 0 Å². The SMILES string of the molecule is CCO/C=N/c1c(C(N)=O)ncn1C(=O)NC. The molecule has 1 aromatic heterocycles. The van der Waals surface area contributed by atoms with Crippen LogP contribution in [0.2, 0.25) is 0 Å². The lowest BCUT2D eigenvalue weighted by Gasteiger charge is -2.02. The van der Waals surface area contributed by atoms with Crippen molar-refractivity contribution in [2.24, 2.45) is 10.7 Å². The maximum absolute atomic E-state index is 11.4. The minimum absolute atomic E-state index is 0.0327. The highest BCUT2D eigenvalue weighted by atomic mass is 16.5. The van der Waals surface area contributed by atoms with Crippen LogP contribution < -0.4 is 11.1 Å². The summed E-state index contributed by atoms with van der Waals surface area (Å²) < 4.78 is 5.96. The van der Waals surface area contributed by atoms with Crippen molar-refractivity contribution < 1.29 is 14.3 Å². The Morgan fingerprint density at radius 2 is 2.41 bits per heavy atom. The first-order valence-electron chi connectivity index (χ1n) is 4.85. The van der Waals surface area contributed by atoms with Gasteiger partial charge in [-0.05, 0) is 6.92 Å². The van der Waals surface area contributed by atoms with E-state index in [0.29, 0.717) is 6.61 Å². The van der Waals surface area contributed by atoms with Gasteiger partial charge in [0.2, 0.25) is 0 Å². The maximum atomic E-state index is 11.4. The average Bonchev–Trinajstić information content (AvgIpc) is 2.72. The Balaban J connectivity index is 3.15. The highest BCUT2D eigenvalue weighted by Crippen LogP contribution is 2.16. The first kappa shape index (κ1) is 12.7. The molecule has 1 heterocycles. The molecule has 17 heavy (non-hydrogen) atoms. The van der Waals surface area contributed by atoms with E-state index in [1.165, 1.54) is 7.05 Å². The van der Waals surface area contributed by atoms with Crippen LogP contribution in [0.25, 0.3) is 0 Å². The summed E-state index contributed by atoms with van der Waals surface area (Å²) in [5, 5.41) is 2.38. The fraction of sp³-hybridized carbons (Fsp3) is 0.333. The van der Waals surface area contributed by atoms with Gasteiger partial charge in [-0.2, -0.15) is 4.99 Å². The summed E-state index contributed by atoms with van der Waals surface area (Å²) >= 11 is 0. The van der Waals surface area contributed by atoms with Gasteiger partial charge >= 0.3 is 6.03 Å². The van der Waals surface area contributed by atoms with Crippen LogP contribution in [0.3, 0.4) is 0 Å². The van der Waals surface area contributed by atoms with Gasteiger partial charge < -0.3 is 15.8 Å². The number of nitrogens with one attached hydrogen (secondary N) is 1. The number of ether oxygens (including phenoxy) is 1. The van der Waals surface area contributed by atoms with Gasteiger partial charge in [-0.25, -0.2) is 14.3 Å². The zero-order valence-electron chi connectivity index (χ0n) is 9.51. The lowest BCUT2D eigenvalue weighted by Crippen LogP contribution is -2.24. The second-order valence-corrected chi connectivity index (χ2v) is 2.90. The van der Waals surface area contributed by atoms with Crippen molar-refractivity contribution in [2.75, 3.05) is 13.7 Å². The molecule has 0 aliphatic rings. The Hall–Kier alpha value is -2.38. The number of aliphatic imine (C=N–C) groups is 1. The summed E-state index contributed by atoms with van der Waals surface area (Å²) in [5.41, 5.74) is 5.02. The van der Waals surface area contributed by atoms with E-state index < -0.39 is 11.9 Å². The maximum Gasteiger partial charge on any atom is 0.328 e. The molecule has 2 amide bonds. The van der Waals surface area contributed by atoms with Gasteiger partial charge in [-0.15, -0.1) is 0 Å². The molecular weight excluding hydrogens is 226 g/mol. The van der Waals surface area contributed by atoms with Gasteiger partial charge in [-0.1, -0.05) is 0 Å². The quantitative estimate of drug-likeness (QED) is 0.562. The van der Waals surface area contributed by atoms with E-state index in [-0.39, 0.29) is 11.5 Å². The summed E-state index contributed by atoms with van der Waals surface area (Å²) in [5.74, 6) is -0.735. The molecule has 8 heteroatoms. The molecule has 92 valence electrons. The molecule has 0 bridgehead atoms. The van der Waals surface area contributed by atoms with Crippen molar-refractivity contribution in [3.8, 4) is 0 Å². The van der Waals surface area contributed by atoms with Gasteiger partial charge in [0.05, 0.1) is 6.61 Å². The van der Waals surface area contributed by atoms with Gasteiger partial charge in [0.15, 0.2) is 17.9 Å². The third-order valence-electron chi connectivity index (χ3n) is 1.82. The van der Waals surface area contributed by atoms with Crippen LogP contribution in [0, 0.1) is 0 Å². The molecule has 0 radical (unpaired) electrons. The predicted octanol–water partition coefficient (Wildman–Crippen LogP) is -0.134. The van der Waals surface area contributed by atoms with Crippen LogP contribution in [0.4, 0.5) is 10.6 Å². The van der Waals surface area contributed by atoms with E-state index in [0.717, 1.165) is 17.3 Å². The first-order chi connectivity index (χ1) is 8.11. The second-order valence-electron chi connectivity index (χ2n) is 2.90. The lowest BCUT2D eigenvalue weighted by molar-refractivity contribution is 0.0997. The fourth-order valence-corrected chi connectivity index (χ4v) is 1.07. The second kappa shape index (κ2) is 5.64. The summed E-state index contributed by atoms with van der Waals surface area (Å²) in [7, 11) is 1.45. The Kier molecular flexibility index (Phi) is 4.21. The minimum Gasteiger partial charge on any atom is -0.483 e. The molecule has 0 spiro atoms. The van der Waals surface area contributed by atoms with Crippen molar-refractivity contribution >= 4 is 24.2 Å². The highest BCUT2D eigenvalue weighted by Gasteiger charge is 2.18. The number of primary amides is 1. The summed E-state index contributed by atoms with van der Waals surface area (Å²) in [4.78, 5) is 30.1. The number of amides is 2. The Bertz CT molecular complexity index is 451. The van der Waals surface area contributed by atoms with Gasteiger partial charge in [0, 0.05) is 7.05 Å². The molecule has 0 fully saturated rings. The van der Waals surface area contributed by atoms with Crippen molar-refractivity contribution in [3.63, 3.8) is 0 Å². The van der Waals surface area contributed by atoms with Crippen LogP contribution in [0.5, 0.6) is 0 Å². The molecule has 8 nitrogen and oxygen atoms in total. The van der Waals surface area contributed by atoms with E-state index in [1.807, 2.05) is 0 Å². The van der Waals surface area contributed by atoms with Crippen LogP contribution >= 0.6 is 0 Å². The molecule has 0 aliphatic carbocycles. The molecule has 1 aromatic rings. The molecule has 0 unspecified atom stereocenters. The normalized spacial score (nSPS) is 10.5. The Labute approximate surface area is 97.5 Å². The lowest BCUT2D eigenvalue weighted by atomic mass is 10.4. The molecule has 3 N–H and O–H groups in total. The van der Waals surface area contributed by atoms with Crippen LogP contribution in [0.15, 0.2) is 11.3 Å². The number of hydrogen-bond donors (Lipinski definition) is 2. The van der Waals surface area contributed by atoms with Crippen LogP contribution in [0.1, 0.15) is 17.4 Å². The molecule has 0 saturated carbocycles. The molecule has 0 saturated heterocycles. The molecule has 1 rings (SSSR count). The molecule has 0 aromatic carbocycles. The van der Waals surface area contributed by atoms with Gasteiger partial charge in [0.1, 0.15) is 6.33 Å². The topological polar surface area (TPSA) is 112 Å². The van der Waals surface area contributed by atoms with Crippen molar-refractivity contribution in [3.05, 3.63) is 12.0 Å².